The third kappa shape index (κ3) is 4.63. The molecule has 2 N–H and O–H groups in total. The molecule has 0 spiro atoms. The van der Waals surface area contributed by atoms with E-state index in [9.17, 15) is 8.78 Å². The summed E-state index contributed by atoms with van der Waals surface area (Å²) in [6, 6.07) is 13.5. The van der Waals surface area contributed by atoms with Gasteiger partial charge in [-0.2, -0.15) is 0 Å². The van der Waals surface area contributed by atoms with Gasteiger partial charge in [-0.3, -0.25) is 4.90 Å². The zero-order valence-electron chi connectivity index (χ0n) is 15.7. The summed E-state index contributed by atoms with van der Waals surface area (Å²) in [4.78, 5) is 12.4. The molecular weight excluding hydrogens is 396 g/mol. The number of hydrogen-bond donors (Lipinski definition) is 1. The maximum Gasteiger partial charge on any atom is 0.221 e. The first-order chi connectivity index (χ1) is 14.0. The molecule has 5 nitrogen and oxygen atoms in total. The number of aromatic nitrogens is 2. The van der Waals surface area contributed by atoms with Gasteiger partial charge in [0.05, 0.1) is 11.4 Å². The average molecular weight is 416 g/mol. The summed E-state index contributed by atoms with van der Waals surface area (Å²) >= 11 is 5.99. The van der Waals surface area contributed by atoms with Crippen LogP contribution in [0.25, 0.3) is 11.3 Å². The first kappa shape index (κ1) is 19.5. The van der Waals surface area contributed by atoms with Crippen molar-refractivity contribution in [2.45, 2.75) is 6.54 Å². The van der Waals surface area contributed by atoms with Gasteiger partial charge in [0.25, 0.3) is 0 Å². The van der Waals surface area contributed by atoms with Crippen molar-refractivity contribution in [3.05, 3.63) is 70.9 Å². The maximum atomic E-state index is 14.0. The summed E-state index contributed by atoms with van der Waals surface area (Å²) < 4.78 is 27.1. The van der Waals surface area contributed by atoms with Gasteiger partial charge in [-0.1, -0.05) is 29.8 Å². The Hall–Kier alpha value is -2.77. The summed E-state index contributed by atoms with van der Waals surface area (Å²) in [7, 11) is 0. The Balaban J connectivity index is 1.42. The summed E-state index contributed by atoms with van der Waals surface area (Å²) in [5.74, 6) is -0.938. The molecular formula is C21H20ClF2N5. The number of piperazine rings is 1. The highest BCUT2D eigenvalue weighted by Gasteiger charge is 2.20. The number of benzene rings is 2. The molecule has 0 atom stereocenters. The van der Waals surface area contributed by atoms with Crippen LogP contribution in [0.5, 0.6) is 0 Å². The minimum atomic E-state index is -0.559. The number of halogens is 3. The number of anilines is 2. The lowest BCUT2D eigenvalue weighted by atomic mass is 10.1. The van der Waals surface area contributed by atoms with Gasteiger partial charge in [0.2, 0.25) is 5.95 Å². The zero-order chi connectivity index (χ0) is 20.4. The molecule has 1 saturated heterocycles. The number of hydrogen-bond acceptors (Lipinski definition) is 5. The second kappa shape index (κ2) is 8.31. The van der Waals surface area contributed by atoms with Crippen molar-refractivity contribution in [2.75, 3.05) is 36.8 Å². The second-order valence-electron chi connectivity index (χ2n) is 6.99. The van der Waals surface area contributed by atoms with Crippen LogP contribution in [0.15, 0.2) is 48.5 Å². The van der Waals surface area contributed by atoms with Crippen molar-refractivity contribution < 1.29 is 8.78 Å². The molecule has 0 amide bonds. The predicted octanol–water partition coefficient (Wildman–Crippen LogP) is 3.98. The Morgan fingerprint density at radius 3 is 2.48 bits per heavy atom. The van der Waals surface area contributed by atoms with Crippen LogP contribution in [0.2, 0.25) is 5.15 Å². The summed E-state index contributed by atoms with van der Waals surface area (Å²) in [5, 5.41) is 0.307. The fourth-order valence-corrected chi connectivity index (χ4v) is 3.74. The van der Waals surface area contributed by atoms with Gasteiger partial charge in [0.15, 0.2) is 0 Å². The van der Waals surface area contributed by atoms with Gasteiger partial charge >= 0.3 is 0 Å². The normalized spacial score (nSPS) is 14.9. The van der Waals surface area contributed by atoms with Crippen LogP contribution in [0.4, 0.5) is 20.4 Å². The lowest BCUT2D eigenvalue weighted by molar-refractivity contribution is 0.249. The molecule has 1 fully saturated rings. The van der Waals surface area contributed by atoms with E-state index in [4.69, 9.17) is 17.3 Å². The topological polar surface area (TPSA) is 58.3 Å². The van der Waals surface area contributed by atoms with Crippen LogP contribution in [0, 0.1) is 11.6 Å². The maximum absolute atomic E-state index is 14.0. The van der Waals surface area contributed by atoms with Crippen LogP contribution in [-0.2, 0) is 6.54 Å². The van der Waals surface area contributed by atoms with Gasteiger partial charge < -0.3 is 10.6 Å². The molecule has 8 heteroatoms. The monoisotopic (exact) mass is 415 g/mol. The second-order valence-corrected chi connectivity index (χ2v) is 7.38. The molecule has 1 aromatic heterocycles. The van der Waals surface area contributed by atoms with Crippen molar-refractivity contribution in [3.8, 4) is 11.3 Å². The summed E-state index contributed by atoms with van der Waals surface area (Å²) in [6.45, 7) is 3.70. The Morgan fingerprint density at radius 1 is 0.966 bits per heavy atom. The minimum Gasteiger partial charge on any atom is -0.368 e. The van der Waals surface area contributed by atoms with E-state index in [1.165, 1.54) is 12.1 Å². The summed E-state index contributed by atoms with van der Waals surface area (Å²) in [5.41, 5.74) is 8.89. The van der Waals surface area contributed by atoms with E-state index in [-0.39, 0.29) is 5.95 Å². The van der Waals surface area contributed by atoms with E-state index in [2.05, 4.69) is 27.0 Å². The van der Waals surface area contributed by atoms with Crippen molar-refractivity contribution >= 4 is 23.2 Å². The molecule has 2 heterocycles. The molecule has 1 aliphatic heterocycles. The van der Waals surface area contributed by atoms with E-state index >= 15 is 0 Å². The molecule has 4 rings (SSSR count). The van der Waals surface area contributed by atoms with E-state index in [0.717, 1.165) is 36.8 Å². The molecule has 29 heavy (non-hydrogen) atoms. The van der Waals surface area contributed by atoms with Crippen LogP contribution in [0.1, 0.15) is 5.56 Å². The molecule has 1 aliphatic rings. The smallest absolute Gasteiger partial charge is 0.221 e. The molecule has 150 valence electrons. The van der Waals surface area contributed by atoms with Crippen LogP contribution in [-0.4, -0.2) is 41.0 Å². The highest BCUT2D eigenvalue weighted by atomic mass is 35.5. The highest BCUT2D eigenvalue weighted by molar-refractivity contribution is 6.29. The van der Waals surface area contributed by atoms with Crippen molar-refractivity contribution in [1.29, 1.82) is 0 Å². The van der Waals surface area contributed by atoms with E-state index in [1.54, 1.807) is 6.07 Å². The Bertz CT molecular complexity index is 1000. The minimum absolute atomic E-state index is 0.141. The fourth-order valence-electron chi connectivity index (χ4n) is 3.55. The van der Waals surface area contributed by atoms with Crippen LogP contribution >= 0.6 is 11.6 Å². The predicted molar refractivity (Wildman–Crippen MR) is 111 cm³/mol. The van der Waals surface area contributed by atoms with Crippen LogP contribution in [0.3, 0.4) is 0 Å². The first-order valence-corrected chi connectivity index (χ1v) is 9.67. The molecule has 3 aromatic rings. The number of nitrogen functional groups attached to an aromatic ring is 1. The van der Waals surface area contributed by atoms with Crippen molar-refractivity contribution in [1.82, 2.24) is 14.9 Å². The highest BCUT2D eigenvalue weighted by Crippen LogP contribution is 2.24. The Morgan fingerprint density at radius 2 is 1.76 bits per heavy atom. The third-order valence-corrected chi connectivity index (χ3v) is 5.16. The first-order valence-electron chi connectivity index (χ1n) is 9.30. The molecule has 2 aromatic carbocycles. The molecule has 0 aliphatic carbocycles. The number of nitrogens with two attached hydrogens (primary N) is 1. The third-order valence-electron chi connectivity index (χ3n) is 4.96. The molecule has 0 saturated carbocycles. The largest absolute Gasteiger partial charge is 0.368 e. The molecule has 0 bridgehead atoms. The van der Waals surface area contributed by atoms with Gasteiger partial charge in [-0.05, 0) is 23.8 Å². The zero-order valence-corrected chi connectivity index (χ0v) is 16.4. The lowest BCUT2D eigenvalue weighted by Gasteiger charge is -2.36. The van der Waals surface area contributed by atoms with E-state index in [1.807, 2.05) is 17.0 Å². The molecule has 0 radical (unpaired) electrons. The molecule has 0 unspecified atom stereocenters. The summed E-state index contributed by atoms with van der Waals surface area (Å²) in [6.07, 6.45) is 0. The number of rotatable bonds is 4. The van der Waals surface area contributed by atoms with Crippen molar-refractivity contribution in [2.24, 2.45) is 0 Å². The Kier molecular flexibility index (Phi) is 5.60. The van der Waals surface area contributed by atoms with Crippen LogP contribution < -0.4 is 10.6 Å². The van der Waals surface area contributed by atoms with Gasteiger partial charge in [-0.15, -0.1) is 0 Å². The van der Waals surface area contributed by atoms with Gasteiger partial charge in [-0.25, -0.2) is 18.7 Å². The number of nitrogens with zero attached hydrogens (tertiary/aromatic N) is 4. The quantitative estimate of drug-likeness (QED) is 0.653. The SMILES string of the molecule is Nc1nc(Cl)cc(-c2cccc(CN3CCN(c4ccc(F)cc4F)CC3)c2)n1. The lowest BCUT2D eigenvalue weighted by Crippen LogP contribution is -2.46. The fraction of sp³-hybridized carbons (Fsp3) is 0.238. The Labute approximate surface area is 172 Å². The van der Waals surface area contributed by atoms with Crippen molar-refractivity contribution in [3.63, 3.8) is 0 Å². The van der Waals surface area contributed by atoms with Gasteiger partial charge in [0, 0.05) is 50.4 Å². The van der Waals surface area contributed by atoms with E-state index < -0.39 is 11.6 Å². The van der Waals surface area contributed by atoms with E-state index in [0.29, 0.717) is 29.6 Å². The standard InChI is InChI=1S/C21H20ClF2N5/c22-20-12-18(26-21(25)27-20)15-3-1-2-14(10-15)13-28-6-8-29(9-7-28)19-5-4-16(23)11-17(19)24/h1-5,10-12H,6-9,13H2,(H2,25,26,27). The van der Waals surface area contributed by atoms with Gasteiger partial charge in [0.1, 0.15) is 16.8 Å². The average Bonchev–Trinajstić information content (AvgIpc) is 2.68.